The summed E-state index contributed by atoms with van der Waals surface area (Å²) >= 11 is 6.54. The van der Waals surface area contributed by atoms with Crippen LogP contribution in [0.15, 0.2) is 60.7 Å². The summed E-state index contributed by atoms with van der Waals surface area (Å²) in [5.74, 6) is 0.942. The first kappa shape index (κ1) is 22.1. The van der Waals surface area contributed by atoms with Gasteiger partial charge in [0.05, 0.1) is 24.2 Å². The lowest BCUT2D eigenvalue weighted by atomic mass is 9.83. The average molecular weight is 443 g/mol. The molecule has 2 fully saturated rings. The van der Waals surface area contributed by atoms with Gasteiger partial charge in [0.1, 0.15) is 0 Å². The highest BCUT2D eigenvalue weighted by Crippen LogP contribution is 2.47. The quantitative estimate of drug-likeness (QED) is 0.448. The SMILES string of the molecule is CC(C)(C)[Si](O[C@H]1CO[C@@]2(CCl)CCCCC[C@@H]12)(c1ccccc1)c1ccccc1. The third kappa shape index (κ3) is 3.79. The van der Waals surface area contributed by atoms with Crippen molar-refractivity contribution in [3.63, 3.8) is 0 Å². The summed E-state index contributed by atoms with van der Waals surface area (Å²) in [6.45, 7) is 7.69. The molecule has 0 bridgehead atoms. The van der Waals surface area contributed by atoms with E-state index in [1.807, 2.05) is 0 Å². The standard InChI is InChI=1S/C26H35ClO2Si/c1-25(2,3)30(21-13-7-4-8-14-21,22-15-9-5-10-16-22)29-24-19-28-26(20-27)18-12-6-11-17-23(24)26/h4-5,7-10,13-16,23-24H,6,11-12,17-20H2,1-3H3/t23-,24-,26+/m0/s1. The van der Waals surface area contributed by atoms with Crippen molar-refractivity contribution in [2.45, 2.75) is 69.6 Å². The molecule has 2 aromatic rings. The summed E-state index contributed by atoms with van der Waals surface area (Å²) in [4.78, 5) is 0. The van der Waals surface area contributed by atoms with Crippen molar-refractivity contribution in [1.82, 2.24) is 0 Å². The molecule has 4 rings (SSSR count). The van der Waals surface area contributed by atoms with Crippen molar-refractivity contribution >= 4 is 30.3 Å². The molecule has 2 aromatic carbocycles. The number of benzene rings is 2. The van der Waals surface area contributed by atoms with E-state index in [2.05, 4.69) is 81.4 Å². The molecule has 3 atom stereocenters. The molecule has 1 saturated carbocycles. The Hall–Kier alpha value is -1.13. The number of hydrogen-bond acceptors (Lipinski definition) is 2. The molecule has 30 heavy (non-hydrogen) atoms. The van der Waals surface area contributed by atoms with Gasteiger partial charge in [-0.25, -0.2) is 0 Å². The Morgan fingerprint density at radius 1 is 0.967 bits per heavy atom. The smallest absolute Gasteiger partial charge is 0.261 e. The fraction of sp³-hybridized carbons (Fsp3) is 0.538. The summed E-state index contributed by atoms with van der Waals surface area (Å²) in [6, 6.07) is 21.8. The van der Waals surface area contributed by atoms with E-state index in [1.54, 1.807) is 0 Å². The van der Waals surface area contributed by atoms with E-state index < -0.39 is 8.32 Å². The zero-order valence-corrected chi connectivity index (χ0v) is 20.3. The molecule has 0 spiro atoms. The van der Waals surface area contributed by atoms with Crippen LogP contribution in [0.2, 0.25) is 5.04 Å². The lowest BCUT2D eigenvalue weighted by Crippen LogP contribution is -2.68. The number of halogens is 1. The number of fused-ring (bicyclic) bond motifs is 1. The van der Waals surface area contributed by atoms with Crippen LogP contribution >= 0.6 is 11.6 Å². The maximum atomic E-state index is 7.44. The van der Waals surface area contributed by atoms with Gasteiger partial charge in [-0.3, -0.25) is 0 Å². The average Bonchev–Trinajstić information content (AvgIpc) is 2.95. The normalized spacial score (nSPS) is 27.5. The molecule has 1 heterocycles. The van der Waals surface area contributed by atoms with E-state index in [-0.39, 0.29) is 16.7 Å². The van der Waals surface area contributed by atoms with Gasteiger partial charge >= 0.3 is 0 Å². The number of hydrogen-bond donors (Lipinski definition) is 0. The predicted molar refractivity (Wildman–Crippen MR) is 128 cm³/mol. The third-order valence-corrected chi connectivity index (χ3v) is 12.8. The van der Waals surface area contributed by atoms with Crippen LogP contribution in [-0.2, 0) is 9.16 Å². The third-order valence-electron chi connectivity index (χ3n) is 7.25. The predicted octanol–water partition coefficient (Wildman–Crippen LogP) is 5.52. The van der Waals surface area contributed by atoms with Crippen LogP contribution in [0.25, 0.3) is 0 Å². The van der Waals surface area contributed by atoms with Crippen molar-refractivity contribution in [2.75, 3.05) is 12.5 Å². The first-order valence-corrected chi connectivity index (χ1v) is 13.9. The van der Waals surface area contributed by atoms with Crippen LogP contribution in [0.3, 0.4) is 0 Å². The van der Waals surface area contributed by atoms with Crippen LogP contribution in [0.4, 0.5) is 0 Å². The molecule has 2 aliphatic rings. The minimum atomic E-state index is -2.58. The molecule has 0 radical (unpaired) electrons. The first-order chi connectivity index (χ1) is 14.4. The summed E-state index contributed by atoms with van der Waals surface area (Å²) in [6.07, 6.45) is 6.01. The minimum absolute atomic E-state index is 0.0212. The molecule has 0 aromatic heterocycles. The Bertz CT molecular complexity index is 780. The Kier molecular flexibility index (Phi) is 6.46. The second-order valence-electron chi connectivity index (χ2n) is 10.0. The summed E-state index contributed by atoms with van der Waals surface area (Å²) in [5.41, 5.74) is -0.214. The van der Waals surface area contributed by atoms with Crippen molar-refractivity contribution in [3.05, 3.63) is 60.7 Å². The Morgan fingerprint density at radius 3 is 2.10 bits per heavy atom. The highest BCUT2D eigenvalue weighted by molar-refractivity contribution is 6.99. The van der Waals surface area contributed by atoms with Gasteiger partial charge in [0, 0.05) is 5.92 Å². The molecule has 2 nitrogen and oxygen atoms in total. The highest BCUT2D eigenvalue weighted by Gasteiger charge is 2.56. The zero-order valence-electron chi connectivity index (χ0n) is 18.6. The fourth-order valence-corrected chi connectivity index (χ4v) is 10.8. The largest absolute Gasteiger partial charge is 0.402 e. The molecule has 1 saturated heterocycles. The maximum absolute atomic E-state index is 7.44. The Labute approximate surface area is 188 Å². The first-order valence-electron chi connectivity index (χ1n) is 11.4. The van der Waals surface area contributed by atoms with Crippen molar-refractivity contribution in [3.8, 4) is 0 Å². The van der Waals surface area contributed by atoms with Gasteiger partial charge in [-0.15, -0.1) is 11.6 Å². The van der Waals surface area contributed by atoms with Crippen LogP contribution in [0.1, 0.15) is 52.9 Å². The molecule has 1 aliphatic heterocycles. The summed E-state index contributed by atoms with van der Waals surface area (Å²) < 4.78 is 13.9. The van der Waals surface area contributed by atoms with E-state index >= 15 is 0 Å². The molecule has 0 unspecified atom stereocenters. The van der Waals surface area contributed by atoms with Crippen LogP contribution < -0.4 is 10.4 Å². The molecule has 4 heteroatoms. The number of alkyl halides is 1. The van der Waals surface area contributed by atoms with Gasteiger partial charge < -0.3 is 9.16 Å². The molecule has 0 N–H and O–H groups in total. The van der Waals surface area contributed by atoms with Gasteiger partial charge in [-0.1, -0.05) is 101 Å². The number of ether oxygens (including phenoxy) is 1. The highest BCUT2D eigenvalue weighted by atomic mass is 35.5. The van der Waals surface area contributed by atoms with E-state index in [4.69, 9.17) is 20.8 Å². The maximum Gasteiger partial charge on any atom is 0.261 e. The lowest BCUT2D eigenvalue weighted by Gasteiger charge is -2.46. The molecule has 1 aliphatic carbocycles. The van der Waals surface area contributed by atoms with E-state index in [0.717, 1.165) is 12.8 Å². The molecule has 0 amide bonds. The summed E-state index contributed by atoms with van der Waals surface area (Å²) in [7, 11) is -2.58. The molecular formula is C26H35ClO2Si. The zero-order chi connectivity index (χ0) is 21.2. The van der Waals surface area contributed by atoms with Crippen LogP contribution in [0.5, 0.6) is 0 Å². The second-order valence-corrected chi connectivity index (χ2v) is 14.6. The van der Waals surface area contributed by atoms with E-state index in [9.17, 15) is 0 Å². The van der Waals surface area contributed by atoms with Gasteiger partial charge in [0.2, 0.25) is 0 Å². The second kappa shape index (κ2) is 8.78. The van der Waals surface area contributed by atoms with Crippen LogP contribution in [-0.4, -0.2) is 32.5 Å². The van der Waals surface area contributed by atoms with E-state index in [1.165, 1.54) is 29.6 Å². The van der Waals surface area contributed by atoms with Gasteiger partial charge in [0.25, 0.3) is 8.32 Å². The minimum Gasteiger partial charge on any atom is -0.402 e. The Morgan fingerprint density at radius 2 is 1.57 bits per heavy atom. The van der Waals surface area contributed by atoms with Crippen molar-refractivity contribution < 1.29 is 9.16 Å². The van der Waals surface area contributed by atoms with E-state index in [0.29, 0.717) is 18.4 Å². The molecular weight excluding hydrogens is 408 g/mol. The van der Waals surface area contributed by atoms with Gasteiger partial charge in [-0.05, 0) is 28.3 Å². The number of rotatable bonds is 5. The monoisotopic (exact) mass is 442 g/mol. The molecule has 162 valence electrons. The topological polar surface area (TPSA) is 18.5 Å². The van der Waals surface area contributed by atoms with Crippen molar-refractivity contribution in [1.29, 1.82) is 0 Å². The lowest BCUT2D eigenvalue weighted by molar-refractivity contribution is -0.00756. The van der Waals surface area contributed by atoms with Crippen molar-refractivity contribution in [2.24, 2.45) is 5.92 Å². The van der Waals surface area contributed by atoms with Gasteiger partial charge in [-0.2, -0.15) is 0 Å². The van der Waals surface area contributed by atoms with Crippen LogP contribution in [0, 0.1) is 5.92 Å². The van der Waals surface area contributed by atoms with Gasteiger partial charge in [0.15, 0.2) is 0 Å². The fourth-order valence-electron chi connectivity index (χ4n) is 5.72. The summed E-state index contributed by atoms with van der Waals surface area (Å²) in [5, 5.41) is 2.65. The Balaban J connectivity index is 1.81.